The lowest BCUT2D eigenvalue weighted by atomic mass is 10.0. The third-order valence-corrected chi connectivity index (χ3v) is 5.53. The molecule has 0 saturated heterocycles. The van der Waals surface area contributed by atoms with Crippen LogP contribution < -0.4 is 4.72 Å². The van der Waals surface area contributed by atoms with Gasteiger partial charge in [0.05, 0.1) is 11.4 Å². The van der Waals surface area contributed by atoms with E-state index in [0.29, 0.717) is 27.7 Å². The highest BCUT2D eigenvalue weighted by molar-refractivity contribution is 8.00. The first-order valence-electron chi connectivity index (χ1n) is 9.23. The number of carbonyl (C=O) groups excluding carboxylic acids is 1. The lowest BCUT2D eigenvalue weighted by molar-refractivity contribution is 0.103. The van der Waals surface area contributed by atoms with Gasteiger partial charge in [-0.25, -0.2) is 4.98 Å². The number of aryl methyl sites for hydroxylation is 2. The maximum Gasteiger partial charge on any atom is 0.195 e. The molecule has 0 bridgehead atoms. The number of halogens is 1. The molecule has 0 fully saturated rings. The maximum absolute atomic E-state index is 12.9. The monoisotopic (exact) mass is 435 g/mol. The van der Waals surface area contributed by atoms with Gasteiger partial charge in [0.15, 0.2) is 17.4 Å². The number of aromatic nitrogens is 2. The number of oxazole rings is 1. The van der Waals surface area contributed by atoms with E-state index in [1.807, 2.05) is 38.1 Å². The van der Waals surface area contributed by atoms with Crippen molar-refractivity contribution >= 4 is 35.0 Å². The molecule has 0 radical (unpaired) electrons. The van der Waals surface area contributed by atoms with Gasteiger partial charge in [0.2, 0.25) is 0 Å². The highest BCUT2D eigenvalue weighted by Crippen LogP contribution is 2.30. The molecule has 150 valence electrons. The number of ketones is 1. The SMILES string of the molecule is Cc1nc(C)c(-c2ccc(SNc3ccc(Cl)cc3C(=O)c3ccncc3)cc2)o1. The topological polar surface area (TPSA) is 68.0 Å². The highest BCUT2D eigenvalue weighted by Gasteiger charge is 2.15. The van der Waals surface area contributed by atoms with Crippen LogP contribution in [0.5, 0.6) is 0 Å². The first-order valence-corrected chi connectivity index (χ1v) is 10.4. The number of rotatable bonds is 6. The highest BCUT2D eigenvalue weighted by atomic mass is 35.5. The third kappa shape index (κ3) is 4.40. The van der Waals surface area contributed by atoms with Crippen molar-refractivity contribution in [3.8, 4) is 11.3 Å². The molecular formula is C23H18ClN3O2S. The summed E-state index contributed by atoms with van der Waals surface area (Å²) < 4.78 is 8.94. The van der Waals surface area contributed by atoms with Gasteiger partial charge >= 0.3 is 0 Å². The Bertz CT molecular complexity index is 1190. The Hall–Kier alpha value is -3.09. The van der Waals surface area contributed by atoms with Crippen LogP contribution in [0, 0.1) is 13.8 Å². The molecule has 4 rings (SSSR count). The standard InChI is InChI=1S/C23H18ClN3O2S/c1-14-23(29-15(2)26-14)17-3-6-19(7-4-17)30-27-21-8-5-18(24)13-20(21)22(28)16-9-11-25-12-10-16/h3-13,27H,1-2H3. The van der Waals surface area contributed by atoms with Crippen LogP contribution in [0.15, 0.2) is 76.3 Å². The average molecular weight is 436 g/mol. The zero-order valence-electron chi connectivity index (χ0n) is 16.3. The first-order chi connectivity index (χ1) is 14.5. The van der Waals surface area contributed by atoms with Gasteiger partial charge in [-0.05, 0) is 73.5 Å². The molecule has 0 amide bonds. The second-order valence-electron chi connectivity index (χ2n) is 6.63. The number of hydrogen-bond acceptors (Lipinski definition) is 6. The number of nitrogens with zero attached hydrogens (tertiary/aromatic N) is 2. The van der Waals surface area contributed by atoms with Gasteiger partial charge in [0.25, 0.3) is 0 Å². The van der Waals surface area contributed by atoms with Gasteiger partial charge in [0, 0.05) is 45.9 Å². The van der Waals surface area contributed by atoms with Crippen LogP contribution >= 0.6 is 23.5 Å². The number of nitrogens with one attached hydrogen (secondary N) is 1. The van der Waals surface area contributed by atoms with Gasteiger partial charge in [0.1, 0.15) is 0 Å². The zero-order chi connectivity index (χ0) is 21.1. The van der Waals surface area contributed by atoms with Crippen LogP contribution in [0.2, 0.25) is 5.02 Å². The van der Waals surface area contributed by atoms with Crippen molar-refractivity contribution in [2.75, 3.05) is 4.72 Å². The van der Waals surface area contributed by atoms with E-state index in [2.05, 4.69) is 14.7 Å². The summed E-state index contributed by atoms with van der Waals surface area (Å²) in [6.45, 7) is 3.76. The number of benzene rings is 2. The number of pyridine rings is 1. The van der Waals surface area contributed by atoms with E-state index in [1.165, 1.54) is 11.9 Å². The van der Waals surface area contributed by atoms with Crippen molar-refractivity contribution < 1.29 is 9.21 Å². The van der Waals surface area contributed by atoms with Crippen molar-refractivity contribution in [3.05, 3.63) is 94.7 Å². The molecule has 0 unspecified atom stereocenters. The predicted octanol–water partition coefficient (Wildman–Crippen LogP) is 6.36. The molecule has 0 spiro atoms. The molecule has 2 aromatic carbocycles. The molecular weight excluding hydrogens is 418 g/mol. The Morgan fingerprint density at radius 1 is 1.03 bits per heavy atom. The van der Waals surface area contributed by atoms with Crippen molar-refractivity contribution in [2.24, 2.45) is 0 Å². The summed E-state index contributed by atoms with van der Waals surface area (Å²) in [5.74, 6) is 1.31. The molecule has 0 atom stereocenters. The molecule has 2 heterocycles. The largest absolute Gasteiger partial charge is 0.441 e. The van der Waals surface area contributed by atoms with Crippen LogP contribution in [-0.4, -0.2) is 15.8 Å². The molecule has 7 heteroatoms. The second-order valence-corrected chi connectivity index (χ2v) is 7.95. The summed E-state index contributed by atoms with van der Waals surface area (Å²) in [6.07, 6.45) is 3.19. The summed E-state index contributed by atoms with van der Waals surface area (Å²) >= 11 is 7.56. The van der Waals surface area contributed by atoms with Gasteiger partial charge in [-0.1, -0.05) is 11.6 Å². The first kappa shape index (κ1) is 20.2. The lowest BCUT2D eigenvalue weighted by Gasteiger charge is -2.11. The molecule has 5 nitrogen and oxygen atoms in total. The minimum absolute atomic E-state index is 0.116. The third-order valence-electron chi connectivity index (χ3n) is 4.47. The molecule has 0 aliphatic carbocycles. The molecule has 30 heavy (non-hydrogen) atoms. The Labute approximate surface area is 183 Å². The Morgan fingerprint density at radius 3 is 2.43 bits per heavy atom. The van der Waals surface area contributed by atoms with E-state index >= 15 is 0 Å². The molecule has 2 aromatic heterocycles. The Balaban J connectivity index is 1.53. The normalized spacial score (nSPS) is 10.8. The fraction of sp³-hybridized carbons (Fsp3) is 0.0870. The van der Waals surface area contributed by atoms with Gasteiger partial charge in [-0.2, -0.15) is 0 Å². The van der Waals surface area contributed by atoms with Crippen LogP contribution in [-0.2, 0) is 0 Å². The summed E-state index contributed by atoms with van der Waals surface area (Å²) in [5, 5.41) is 0.505. The van der Waals surface area contributed by atoms with Crippen molar-refractivity contribution in [2.45, 2.75) is 18.7 Å². The van der Waals surface area contributed by atoms with Crippen LogP contribution in [0.1, 0.15) is 27.5 Å². The Morgan fingerprint density at radius 2 is 1.77 bits per heavy atom. The number of anilines is 1. The predicted molar refractivity (Wildman–Crippen MR) is 120 cm³/mol. The van der Waals surface area contributed by atoms with E-state index in [1.54, 1.807) is 42.7 Å². The van der Waals surface area contributed by atoms with Gasteiger partial charge < -0.3 is 9.14 Å². The zero-order valence-corrected chi connectivity index (χ0v) is 17.9. The van der Waals surface area contributed by atoms with Crippen molar-refractivity contribution in [1.82, 2.24) is 9.97 Å². The minimum atomic E-state index is -0.116. The Kier molecular flexibility index (Phi) is 5.88. The maximum atomic E-state index is 12.9. The molecule has 0 saturated carbocycles. The fourth-order valence-electron chi connectivity index (χ4n) is 3.04. The van der Waals surface area contributed by atoms with Crippen LogP contribution in [0.25, 0.3) is 11.3 Å². The van der Waals surface area contributed by atoms with E-state index in [0.717, 1.165) is 21.9 Å². The lowest BCUT2D eigenvalue weighted by Crippen LogP contribution is -2.05. The average Bonchev–Trinajstić information content (AvgIpc) is 3.11. The summed E-state index contributed by atoms with van der Waals surface area (Å²) in [4.78, 5) is 22.2. The molecule has 0 aliphatic heterocycles. The molecule has 1 N–H and O–H groups in total. The molecule has 0 aliphatic rings. The van der Waals surface area contributed by atoms with Crippen molar-refractivity contribution in [3.63, 3.8) is 0 Å². The van der Waals surface area contributed by atoms with E-state index in [4.69, 9.17) is 16.0 Å². The molecule has 4 aromatic rings. The van der Waals surface area contributed by atoms with Crippen LogP contribution in [0.3, 0.4) is 0 Å². The number of carbonyl (C=O) groups is 1. The van der Waals surface area contributed by atoms with E-state index < -0.39 is 0 Å². The second kappa shape index (κ2) is 8.73. The van der Waals surface area contributed by atoms with Crippen LogP contribution in [0.4, 0.5) is 5.69 Å². The van der Waals surface area contributed by atoms with Gasteiger partial charge in [-0.3, -0.25) is 9.78 Å². The van der Waals surface area contributed by atoms with Crippen molar-refractivity contribution in [1.29, 1.82) is 0 Å². The number of hydrogen-bond donors (Lipinski definition) is 1. The van der Waals surface area contributed by atoms with E-state index in [-0.39, 0.29) is 5.78 Å². The minimum Gasteiger partial charge on any atom is -0.441 e. The van der Waals surface area contributed by atoms with Gasteiger partial charge in [-0.15, -0.1) is 0 Å². The smallest absolute Gasteiger partial charge is 0.195 e. The van der Waals surface area contributed by atoms with E-state index in [9.17, 15) is 4.79 Å². The quantitative estimate of drug-likeness (QED) is 0.281. The fourth-order valence-corrected chi connectivity index (χ4v) is 3.89. The summed E-state index contributed by atoms with van der Waals surface area (Å²) in [6, 6.07) is 16.6. The summed E-state index contributed by atoms with van der Waals surface area (Å²) in [5.41, 5.74) is 3.59. The summed E-state index contributed by atoms with van der Waals surface area (Å²) in [7, 11) is 0.